The van der Waals surface area contributed by atoms with Crippen molar-refractivity contribution >= 4 is 11.6 Å². The lowest BCUT2D eigenvalue weighted by molar-refractivity contribution is 0.0681. The molecular formula is C16H16FNO4. The lowest BCUT2D eigenvalue weighted by atomic mass is 10.2. The number of nitrogens with one attached hydrogen (secondary N) is 1. The number of furan rings is 1. The summed E-state index contributed by atoms with van der Waals surface area (Å²) in [5.74, 6) is -0.429. The third-order valence-corrected chi connectivity index (χ3v) is 3.42. The number of hydrogen-bond acceptors (Lipinski definition) is 4. The Balaban J connectivity index is 1.71. The molecule has 22 heavy (non-hydrogen) atoms. The molecule has 0 bridgehead atoms. The summed E-state index contributed by atoms with van der Waals surface area (Å²) in [4.78, 5) is 12.0. The third-order valence-electron chi connectivity index (χ3n) is 3.42. The van der Waals surface area contributed by atoms with E-state index in [1.165, 1.54) is 36.8 Å². The Kier molecular flexibility index (Phi) is 4.39. The summed E-state index contributed by atoms with van der Waals surface area (Å²) in [5.41, 5.74) is 0.638. The highest BCUT2D eigenvalue weighted by molar-refractivity contribution is 6.04. The van der Waals surface area contributed by atoms with E-state index in [0.29, 0.717) is 17.9 Å². The molecule has 3 rings (SSSR count). The van der Waals surface area contributed by atoms with Crippen molar-refractivity contribution in [2.24, 2.45) is 0 Å². The Hall–Kier alpha value is -2.34. The summed E-state index contributed by atoms with van der Waals surface area (Å²) >= 11 is 0. The van der Waals surface area contributed by atoms with Crippen LogP contribution >= 0.6 is 0 Å². The lowest BCUT2D eigenvalue weighted by Gasteiger charge is -2.15. The van der Waals surface area contributed by atoms with Crippen LogP contribution in [0.2, 0.25) is 0 Å². The maximum Gasteiger partial charge on any atom is 0.259 e. The van der Waals surface area contributed by atoms with Crippen LogP contribution < -0.4 is 10.1 Å². The van der Waals surface area contributed by atoms with Crippen molar-refractivity contribution in [1.82, 2.24) is 0 Å². The summed E-state index contributed by atoms with van der Waals surface area (Å²) in [5, 5.41) is 2.62. The Morgan fingerprint density at radius 3 is 3.05 bits per heavy atom. The third kappa shape index (κ3) is 3.46. The van der Waals surface area contributed by atoms with Gasteiger partial charge in [-0.25, -0.2) is 4.39 Å². The summed E-state index contributed by atoms with van der Waals surface area (Å²) < 4.78 is 29.4. The molecule has 2 aromatic rings. The van der Waals surface area contributed by atoms with Crippen molar-refractivity contribution in [3.63, 3.8) is 0 Å². The van der Waals surface area contributed by atoms with E-state index in [1.54, 1.807) is 0 Å². The molecule has 116 valence electrons. The van der Waals surface area contributed by atoms with Gasteiger partial charge in [0.05, 0.1) is 23.6 Å². The van der Waals surface area contributed by atoms with E-state index in [-0.39, 0.29) is 17.7 Å². The van der Waals surface area contributed by atoms with E-state index in [2.05, 4.69) is 5.32 Å². The Labute approximate surface area is 127 Å². The zero-order valence-electron chi connectivity index (χ0n) is 11.9. The minimum Gasteiger partial charge on any atom is -0.489 e. The Morgan fingerprint density at radius 1 is 1.41 bits per heavy atom. The molecule has 0 aliphatic carbocycles. The van der Waals surface area contributed by atoms with Gasteiger partial charge in [-0.1, -0.05) is 0 Å². The number of rotatable bonds is 5. The van der Waals surface area contributed by atoms with Crippen molar-refractivity contribution in [3.05, 3.63) is 48.2 Å². The molecule has 5 nitrogen and oxygen atoms in total. The molecule has 1 saturated heterocycles. The fourth-order valence-corrected chi connectivity index (χ4v) is 2.27. The molecule has 1 aliphatic rings. The second-order valence-electron chi connectivity index (χ2n) is 5.05. The van der Waals surface area contributed by atoms with Gasteiger partial charge in [0.15, 0.2) is 0 Å². The maximum absolute atomic E-state index is 13.4. The molecule has 0 radical (unpaired) electrons. The molecule has 2 heterocycles. The molecule has 0 saturated carbocycles. The molecule has 6 heteroatoms. The smallest absolute Gasteiger partial charge is 0.259 e. The van der Waals surface area contributed by atoms with Crippen LogP contribution in [-0.2, 0) is 4.74 Å². The van der Waals surface area contributed by atoms with E-state index in [0.717, 1.165) is 19.4 Å². The maximum atomic E-state index is 13.4. The van der Waals surface area contributed by atoms with Crippen LogP contribution in [0.1, 0.15) is 23.2 Å². The first-order valence-corrected chi connectivity index (χ1v) is 7.10. The standard InChI is InChI=1S/C16H16FNO4/c17-12-3-4-15(22-10-13-2-1-6-21-13)14(8-12)18-16(19)11-5-7-20-9-11/h3-5,7-9,13H,1-2,6,10H2,(H,18,19). The number of carbonyl (C=O) groups is 1. The number of anilines is 1. The average Bonchev–Trinajstić information content (AvgIpc) is 3.20. The monoisotopic (exact) mass is 305 g/mol. The second-order valence-corrected chi connectivity index (χ2v) is 5.05. The molecule has 1 amide bonds. The predicted octanol–water partition coefficient (Wildman–Crippen LogP) is 3.23. The van der Waals surface area contributed by atoms with Crippen LogP contribution in [0.15, 0.2) is 41.2 Å². The lowest BCUT2D eigenvalue weighted by Crippen LogP contribution is -2.18. The summed E-state index contributed by atoms with van der Waals surface area (Å²) in [6.07, 6.45) is 4.72. The molecular weight excluding hydrogens is 289 g/mol. The topological polar surface area (TPSA) is 60.7 Å². The minimum absolute atomic E-state index is 0.0440. The zero-order chi connectivity index (χ0) is 15.4. The normalized spacial score (nSPS) is 17.4. The van der Waals surface area contributed by atoms with Crippen LogP contribution in [-0.4, -0.2) is 25.2 Å². The van der Waals surface area contributed by atoms with Gasteiger partial charge in [-0.05, 0) is 31.0 Å². The Morgan fingerprint density at radius 2 is 2.32 bits per heavy atom. The van der Waals surface area contributed by atoms with Crippen molar-refractivity contribution in [3.8, 4) is 5.75 Å². The molecule has 1 unspecified atom stereocenters. The first-order chi connectivity index (χ1) is 10.7. The van der Waals surface area contributed by atoms with Gasteiger partial charge in [0.1, 0.15) is 24.4 Å². The summed E-state index contributed by atoms with van der Waals surface area (Å²) in [7, 11) is 0. The van der Waals surface area contributed by atoms with Crippen molar-refractivity contribution in [1.29, 1.82) is 0 Å². The number of carbonyl (C=O) groups excluding carboxylic acids is 1. The number of benzene rings is 1. The number of halogens is 1. The Bertz CT molecular complexity index is 636. The van der Waals surface area contributed by atoms with E-state index >= 15 is 0 Å². The van der Waals surface area contributed by atoms with E-state index in [1.807, 2.05) is 0 Å². The van der Waals surface area contributed by atoms with Gasteiger partial charge in [0, 0.05) is 12.7 Å². The van der Waals surface area contributed by atoms with E-state index in [9.17, 15) is 9.18 Å². The highest BCUT2D eigenvalue weighted by atomic mass is 19.1. The second kappa shape index (κ2) is 6.62. The SMILES string of the molecule is O=C(Nc1cc(F)ccc1OCC1CCCO1)c1ccoc1. The molecule has 1 aromatic carbocycles. The number of hydrogen-bond donors (Lipinski definition) is 1. The number of amides is 1. The van der Waals surface area contributed by atoms with Crippen LogP contribution in [0.4, 0.5) is 10.1 Å². The van der Waals surface area contributed by atoms with Gasteiger partial charge in [0.2, 0.25) is 0 Å². The van der Waals surface area contributed by atoms with Gasteiger partial charge in [-0.3, -0.25) is 4.79 Å². The molecule has 1 fully saturated rings. The first kappa shape index (κ1) is 14.6. The highest BCUT2D eigenvalue weighted by Gasteiger charge is 2.18. The molecule has 1 aliphatic heterocycles. The molecule has 1 atom stereocenters. The van der Waals surface area contributed by atoms with Crippen molar-refractivity contribution in [2.75, 3.05) is 18.5 Å². The average molecular weight is 305 g/mol. The van der Waals surface area contributed by atoms with Crippen LogP contribution in [0.25, 0.3) is 0 Å². The summed E-state index contributed by atoms with van der Waals surface area (Å²) in [6, 6.07) is 5.54. The van der Waals surface area contributed by atoms with Gasteiger partial charge in [-0.2, -0.15) is 0 Å². The fraction of sp³-hybridized carbons (Fsp3) is 0.312. The predicted molar refractivity (Wildman–Crippen MR) is 77.5 cm³/mol. The van der Waals surface area contributed by atoms with Crippen LogP contribution in [0, 0.1) is 5.82 Å². The van der Waals surface area contributed by atoms with Crippen molar-refractivity contribution in [2.45, 2.75) is 18.9 Å². The highest BCUT2D eigenvalue weighted by Crippen LogP contribution is 2.27. The number of ether oxygens (including phenoxy) is 2. The zero-order valence-corrected chi connectivity index (χ0v) is 11.9. The van der Waals surface area contributed by atoms with Crippen molar-refractivity contribution < 1.29 is 23.1 Å². The van der Waals surface area contributed by atoms with Gasteiger partial charge >= 0.3 is 0 Å². The van der Waals surface area contributed by atoms with E-state index in [4.69, 9.17) is 13.9 Å². The summed E-state index contributed by atoms with van der Waals surface area (Å²) in [6.45, 7) is 1.11. The van der Waals surface area contributed by atoms with Gasteiger partial charge in [0.25, 0.3) is 5.91 Å². The molecule has 1 N–H and O–H groups in total. The van der Waals surface area contributed by atoms with E-state index < -0.39 is 5.82 Å². The minimum atomic E-state index is -0.452. The van der Waals surface area contributed by atoms with Crippen LogP contribution in [0.5, 0.6) is 5.75 Å². The van der Waals surface area contributed by atoms with Gasteiger partial charge in [-0.15, -0.1) is 0 Å². The van der Waals surface area contributed by atoms with Gasteiger partial charge < -0.3 is 19.2 Å². The quantitative estimate of drug-likeness (QED) is 0.921. The van der Waals surface area contributed by atoms with Crippen LogP contribution in [0.3, 0.4) is 0 Å². The first-order valence-electron chi connectivity index (χ1n) is 7.10. The fourth-order valence-electron chi connectivity index (χ4n) is 2.27. The largest absolute Gasteiger partial charge is 0.489 e. The molecule has 0 spiro atoms. The molecule has 1 aromatic heterocycles.